The predicted molar refractivity (Wildman–Crippen MR) is 84.3 cm³/mol. The van der Waals surface area contributed by atoms with Crippen molar-refractivity contribution in [3.63, 3.8) is 0 Å². The van der Waals surface area contributed by atoms with Gasteiger partial charge < -0.3 is 20.9 Å². The van der Waals surface area contributed by atoms with Gasteiger partial charge in [0.15, 0.2) is 5.13 Å². The Morgan fingerprint density at radius 1 is 1.48 bits per heavy atom. The van der Waals surface area contributed by atoms with Crippen molar-refractivity contribution >= 4 is 28.2 Å². The Morgan fingerprint density at radius 3 is 2.76 bits per heavy atom. The minimum atomic E-state index is -0.241. The van der Waals surface area contributed by atoms with E-state index in [1.165, 1.54) is 11.3 Å². The van der Waals surface area contributed by atoms with Gasteiger partial charge >= 0.3 is 0 Å². The Hall–Kier alpha value is -2.09. The standard InChI is InChI=1S/C13H20N6OS/c1-13(2,3)18-12-17-10(14)9(21-12)11(20)16-7-8-15-5-6-19(8)4/h5-6H,7,14H2,1-4H3,(H,16,20)(H,17,18). The molecule has 0 bridgehead atoms. The first-order valence-corrected chi connectivity index (χ1v) is 7.37. The fraction of sp³-hybridized carbons (Fsp3) is 0.462. The molecule has 0 radical (unpaired) electrons. The zero-order valence-corrected chi connectivity index (χ0v) is 13.4. The van der Waals surface area contributed by atoms with Crippen LogP contribution in [0.4, 0.5) is 10.9 Å². The Balaban J connectivity index is 2.04. The molecule has 8 heteroatoms. The molecule has 0 aliphatic rings. The second kappa shape index (κ2) is 5.72. The molecule has 4 N–H and O–H groups in total. The number of amides is 1. The summed E-state index contributed by atoms with van der Waals surface area (Å²) in [7, 11) is 1.88. The largest absolute Gasteiger partial charge is 0.382 e. The van der Waals surface area contributed by atoms with Crippen molar-refractivity contribution < 1.29 is 4.79 Å². The van der Waals surface area contributed by atoms with Gasteiger partial charge in [-0.3, -0.25) is 4.79 Å². The monoisotopic (exact) mass is 308 g/mol. The van der Waals surface area contributed by atoms with Crippen molar-refractivity contribution in [3.8, 4) is 0 Å². The normalized spacial score (nSPS) is 11.4. The molecule has 7 nitrogen and oxygen atoms in total. The van der Waals surface area contributed by atoms with Crippen molar-refractivity contribution in [3.05, 3.63) is 23.1 Å². The zero-order valence-electron chi connectivity index (χ0n) is 12.6. The maximum Gasteiger partial charge on any atom is 0.265 e. The third-order valence-corrected chi connectivity index (χ3v) is 3.65. The SMILES string of the molecule is Cn1ccnc1CNC(=O)c1sc(NC(C)(C)C)nc1N. The van der Waals surface area contributed by atoms with E-state index in [2.05, 4.69) is 20.6 Å². The smallest absolute Gasteiger partial charge is 0.265 e. The van der Waals surface area contributed by atoms with Crippen LogP contribution in [0.1, 0.15) is 36.3 Å². The molecule has 0 aromatic carbocycles. The number of imidazole rings is 1. The molecule has 1 amide bonds. The molecule has 0 aliphatic heterocycles. The highest BCUT2D eigenvalue weighted by Gasteiger charge is 2.19. The lowest BCUT2D eigenvalue weighted by Gasteiger charge is -2.19. The summed E-state index contributed by atoms with van der Waals surface area (Å²) in [6, 6.07) is 0. The predicted octanol–water partition coefficient (Wildman–Crippen LogP) is 1.60. The molecular weight excluding hydrogens is 288 g/mol. The molecule has 0 spiro atoms. The number of carbonyl (C=O) groups excluding carboxylic acids is 1. The van der Waals surface area contributed by atoms with E-state index in [1.54, 1.807) is 6.20 Å². The number of hydrogen-bond donors (Lipinski definition) is 3. The Labute approximate surface area is 127 Å². The van der Waals surface area contributed by atoms with Crippen LogP contribution in [-0.2, 0) is 13.6 Å². The average Bonchev–Trinajstić information content (AvgIpc) is 2.91. The summed E-state index contributed by atoms with van der Waals surface area (Å²) in [4.78, 5) is 20.9. The lowest BCUT2D eigenvalue weighted by Crippen LogP contribution is -2.25. The van der Waals surface area contributed by atoms with Crippen molar-refractivity contribution in [1.29, 1.82) is 0 Å². The molecule has 2 rings (SSSR count). The van der Waals surface area contributed by atoms with Crippen LogP contribution in [-0.4, -0.2) is 26.0 Å². The number of thiazole rings is 1. The molecule has 0 saturated carbocycles. The average molecular weight is 308 g/mol. The van der Waals surface area contributed by atoms with E-state index in [0.717, 1.165) is 5.82 Å². The number of nitrogen functional groups attached to an aromatic ring is 1. The molecule has 0 fully saturated rings. The van der Waals surface area contributed by atoms with Crippen LogP contribution < -0.4 is 16.4 Å². The van der Waals surface area contributed by atoms with E-state index in [4.69, 9.17) is 5.73 Å². The molecule has 114 valence electrons. The van der Waals surface area contributed by atoms with Crippen LogP contribution in [0.15, 0.2) is 12.4 Å². The lowest BCUT2D eigenvalue weighted by atomic mass is 10.1. The highest BCUT2D eigenvalue weighted by atomic mass is 32.1. The van der Waals surface area contributed by atoms with Gasteiger partial charge in [0.1, 0.15) is 16.5 Å². The number of nitrogens with two attached hydrogens (primary N) is 1. The van der Waals surface area contributed by atoms with Crippen molar-refractivity contribution in [2.24, 2.45) is 7.05 Å². The van der Waals surface area contributed by atoms with Crippen LogP contribution in [0.25, 0.3) is 0 Å². The van der Waals surface area contributed by atoms with E-state index in [9.17, 15) is 4.79 Å². The van der Waals surface area contributed by atoms with Gasteiger partial charge in [-0.25, -0.2) is 9.97 Å². The second-order valence-electron chi connectivity index (χ2n) is 5.75. The number of carbonyl (C=O) groups is 1. The van der Waals surface area contributed by atoms with Crippen LogP contribution in [0.2, 0.25) is 0 Å². The summed E-state index contributed by atoms with van der Waals surface area (Å²) >= 11 is 1.25. The third-order valence-electron chi connectivity index (χ3n) is 2.67. The highest BCUT2D eigenvalue weighted by Crippen LogP contribution is 2.27. The zero-order chi connectivity index (χ0) is 15.6. The van der Waals surface area contributed by atoms with Gasteiger partial charge in [0.2, 0.25) is 0 Å². The summed E-state index contributed by atoms with van der Waals surface area (Å²) in [6.07, 6.45) is 3.52. The summed E-state index contributed by atoms with van der Waals surface area (Å²) in [6.45, 7) is 6.41. The van der Waals surface area contributed by atoms with Gasteiger partial charge in [-0.05, 0) is 20.8 Å². The van der Waals surface area contributed by atoms with Crippen LogP contribution in [0.5, 0.6) is 0 Å². The number of rotatable bonds is 4. The molecule has 0 unspecified atom stereocenters. The summed E-state index contributed by atoms with van der Waals surface area (Å²) in [5.41, 5.74) is 5.68. The molecule has 2 aromatic heterocycles. The second-order valence-corrected chi connectivity index (χ2v) is 6.74. The van der Waals surface area contributed by atoms with Gasteiger partial charge in [-0.1, -0.05) is 11.3 Å². The van der Waals surface area contributed by atoms with Crippen molar-refractivity contribution in [2.75, 3.05) is 11.1 Å². The fourth-order valence-corrected chi connectivity index (χ4v) is 2.68. The van der Waals surface area contributed by atoms with Gasteiger partial charge in [0.05, 0.1) is 6.54 Å². The number of anilines is 2. The topological polar surface area (TPSA) is 97.9 Å². The van der Waals surface area contributed by atoms with Crippen LogP contribution >= 0.6 is 11.3 Å². The minimum absolute atomic E-state index is 0.134. The molecule has 2 heterocycles. The maximum atomic E-state index is 12.2. The molecule has 0 atom stereocenters. The van der Waals surface area contributed by atoms with Crippen molar-refractivity contribution in [2.45, 2.75) is 32.9 Å². The Kier molecular flexibility index (Phi) is 4.17. The van der Waals surface area contributed by atoms with E-state index in [1.807, 2.05) is 38.6 Å². The highest BCUT2D eigenvalue weighted by molar-refractivity contribution is 7.18. The molecule has 0 aliphatic carbocycles. The number of hydrogen-bond acceptors (Lipinski definition) is 6. The maximum absolute atomic E-state index is 12.2. The van der Waals surface area contributed by atoms with E-state index in [0.29, 0.717) is 16.6 Å². The van der Waals surface area contributed by atoms with Gasteiger partial charge in [-0.2, -0.15) is 0 Å². The van der Waals surface area contributed by atoms with Gasteiger partial charge in [0, 0.05) is 25.0 Å². The molecule has 0 saturated heterocycles. The number of nitrogens with one attached hydrogen (secondary N) is 2. The van der Waals surface area contributed by atoms with Crippen LogP contribution in [0.3, 0.4) is 0 Å². The lowest BCUT2D eigenvalue weighted by molar-refractivity contribution is 0.0954. The molecule has 2 aromatic rings. The van der Waals surface area contributed by atoms with E-state index < -0.39 is 0 Å². The fourth-order valence-electron chi connectivity index (χ4n) is 1.68. The van der Waals surface area contributed by atoms with E-state index in [-0.39, 0.29) is 17.3 Å². The first kappa shape index (κ1) is 15.3. The summed E-state index contributed by atoms with van der Waals surface area (Å²) in [5.74, 6) is 0.776. The van der Waals surface area contributed by atoms with Gasteiger partial charge in [-0.15, -0.1) is 0 Å². The van der Waals surface area contributed by atoms with Gasteiger partial charge in [0.25, 0.3) is 5.91 Å². The first-order valence-electron chi connectivity index (χ1n) is 6.55. The van der Waals surface area contributed by atoms with Crippen molar-refractivity contribution in [1.82, 2.24) is 19.9 Å². The molecule has 21 heavy (non-hydrogen) atoms. The summed E-state index contributed by atoms with van der Waals surface area (Å²) < 4.78 is 1.85. The number of aromatic nitrogens is 3. The van der Waals surface area contributed by atoms with E-state index >= 15 is 0 Å². The Bertz CT molecular complexity index is 639. The number of aryl methyl sites for hydroxylation is 1. The summed E-state index contributed by atoms with van der Waals surface area (Å²) in [5, 5.41) is 6.65. The third kappa shape index (κ3) is 3.94. The van der Waals surface area contributed by atoms with Crippen LogP contribution in [0, 0.1) is 0 Å². The minimum Gasteiger partial charge on any atom is -0.382 e. The quantitative estimate of drug-likeness (QED) is 0.797. The molecular formula is C13H20N6OS. The Morgan fingerprint density at radius 2 is 2.19 bits per heavy atom. The number of nitrogens with zero attached hydrogens (tertiary/aromatic N) is 3. The first-order chi connectivity index (χ1) is 9.76.